The molecule has 3 aromatic rings. The third kappa shape index (κ3) is 1.08. The van der Waals surface area contributed by atoms with Gasteiger partial charge in [0.2, 0.25) is 5.43 Å². The maximum Gasteiger partial charge on any atom is 0.264 e. The van der Waals surface area contributed by atoms with Crippen LogP contribution in [0.3, 0.4) is 0 Å². The van der Waals surface area contributed by atoms with Crippen LogP contribution in [0.5, 0.6) is 0 Å². The molecule has 0 fully saturated rings. The van der Waals surface area contributed by atoms with Crippen molar-refractivity contribution >= 4 is 21.9 Å². The summed E-state index contributed by atoms with van der Waals surface area (Å²) < 4.78 is 0. The highest BCUT2D eigenvalue weighted by Crippen LogP contribution is 2.09. The fourth-order valence-electron chi connectivity index (χ4n) is 1.76. The number of hydrogen-bond donors (Lipinski definition) is 2. The number of pyridine rings is 1. The highest BCUT2D eigenvalue weighted by Gasteiger charge is 2.08. The Bertz CT molecular complexity index is 801. The van der Waals surface area contributed by atoms with Crippen LogP contribution in [0.2, 0.25) is 0 Å². The molecule has 0 saturated heterocycles. The molecule has 2 N–H and O–H groups in total. The number of nitrogens with one attached hydrogen (secondary N) is 2. The smallest absolute Gasteiger partial charge is 0.264 e. The Labute approximate surface area is 88.8 Å². The molecule has 2 aromatic heterocycles. The van der Waals surface area contributed by atoms with Crippen molar-refractivity contribution in [3.63, 3.8) is 0 Å². The molecule has 78 valence electrons. The van der Waals surface area contributed by atoms with Gasteiger partial charge < -0.3 is 9.97 Å². The molecule has 0 radical (unpaired) electrons. The average molecular weight is 213 g/mol. The number of aromatic nitrogens is 3. The molecule has 16 heavy (non-hydrogen) atoms. The van der Waals surface area contributed by atoms with Gasteiger partial charge in [0.25, 0.3) is 5.56 Å². The molecule has 0 atom stereocenters. The van der Waals surface area contributed by atoms with E-state index in [0.717, 1.165) is 0 Å². The largest absolute Gasteiger partial charge is 0.339 e. The lowest BCUT2D eigenvalue weighted by molar-refractivity contribution is 1.15. The van der Waals surface area contributed by atoms with Gasteiger partial charge in [-0.1, -0.05) is 12.1 Å². The van der Waals surface area contributed by atoms with Crippen molar-refractivity contribution < 1.29 is 0 Å². The van der Waals surface area contributed by atoms with Crippen LogP contribution in [0.1, 0.15) is 0 Å². The maximum absolute atomic E-state index is 12.0. The summed E-state index contributed by atoms with van der Waals surface area (Å²) in [5.41, 5.74) is 0.279. The molecule has 0 spiro atoms. The standard InChI is InChI=1S/C11H7N3O2/c15-9-6-3-1-2-4-7(6)14-10-8(9)11(16)13-5-12-10/h1-5H,(H2,12,13,14,15,16). The number of aromatic amines is 2. The van der Waals surface area contributed by atoms with Gasteiger partial charge in [0.05, 0.1) is 11.8 Å². The summed E-state index contributed by atoms with van der Waals surface area (Å²) in [5.74, 6) is 0. The number of fused-ring (bicyclic) bond motifs is 2. The minimum atomic E-state index is -0.419. The van der Waals surface area contributed by atoms with E-state index in [9.17, 15) is 9.59 Å². The summed E-state index contributed by atoms with van der Waals surface area (Å²) in [4.78, 5) is 32.9. The maximum atomic E-state index is 12.0. The first kappa shape index (κ1) is 8.84. The zero-order chi connectivity index (χ0) is 11.1. The molecular formula is C11H7N3O2. The van der Waals surface area contributed by atoms with Crippen molar-refractivity contribution in [1.82, 2.24) is 15.0 Å². The minimum absolute atomic E-state index is 0.0706. The first-order valence-electron chi connectivity index (χ1n) is 4.76. The lowest BCUT2D eigenvalue weighted by Gasteiger charge is -1.99. The molecule has 2 heterocycles. The summed E-state index contributed by atoms with van der Waals surface area (Å²) in [6.45, 7) is 0. The van der Waals surface area contributed by atoms with Gasteiger partial charge in [-0.05, 0) is 12.1 Å². The average Bonchev–Trinajstić information content (AvgIpc) is 2.29. The van der Waals surface area contributed by atoms with Crippen LogP contribution in [0.15, 0.2) is 40.2 Å². The van der Waals surface area contributed by atoms with Gasteiger partial charge in [0, 0.05) is 5.39 Å². The second-order valence-electron chi connectivity index (χ2n) is 3.45. The monoisotopic (exact) mass is 213 g/mol. The molecule has 0 aliphatic heterocycles. The summed E-state index contributed by atoms with van der Waals surface area (Å²) in [6, 6.07) is 7.03. The Balaban J connectivity index is 2.73. The van der Waals surface area contributed by atoms with Gasteiger partial charge in [0.15, 0.2) is 0 Å². The molecule has 0 saturated carbocycles. The van der Waals surface area contributed by atoms with Gasteiger partial charge in [0.1, 0.15) is 11.0 Å². The van der Waals surface area contributed by atoms with Crippen LogP contribution in [-0.4, -0.2) is 15.0 Å². The fourth-order valence-corrected chi connectivity index (χ4v) is 1.76. The number of H-pyrrole nitrogens is 2. The van der Waals surface area contributed by atoms with Crippen molar-refractivity contribution in [2.45, 2.75) is 0 Å². The van der Waals surface area contributed by atoms with Crippen molar-refractivity contribution in [3.8, 4) is 0 Å². The molecule has 0 amide bonds. The quantitative estimate of drug-likeness (QED) is 0.541. The molecule has 5 nitrogen and oxygen atoms in total. The van der Waals surface area contributed by atoms with Crippen molar-refractivity contribution in [1.29, 1.82) is 0 Å². The molecule has 0 unspecified atom stereocenters. The molecular weight excluding hydrogens is 206 g/mol. The van der Waals surface area contributed by atoms with E-state index < -0.39 is 5.56 Å². The Hall–Kier alpha value is -2.43. The van der Waals surface area contributed by atoms with Gasteiger partial charge in [-0.15, -0.1) is 0 Å². The van der Waals surface area contributed by atoms with Crippen LogP contribution in [0.25, 0.3) is 21.9 Å². The summed E-state index contributed by atoms with van der Waals surface area (Å²) in [7, 11) is 0. The number of hydrogen-bond acceptors (Lipinski definition) is 3. The molecule has 3 rings (SSSR count). The predicted octanol–water partition coefficient (Wildman–Crippen LogP) is 0.765. The molecule has 0 aliphatic rings. The van der Waals surface area contributed by atoms with Crippen LogP contribution in [-0.2, 0) is 0 Å². The molecule has 0 aliphatic carbocycles. The van der Waals surface area contributed by atoms with E-state index in [1.807, 2.05) is 6.07 Å². The zero-order valence-corrected chi connectivity index (χ0v) is 8.15. The Kier molecular flexibility index (Phi) is 1.67. The van der Waals surface area contributed by atoms with Crippen molar-refractivity contribution in [3.05, 3.63) is 51.2 Å². The first-order chi connectivity index (χ1) is 7.77. The topological polar surface area (TPSA) is 78.6 Å². The van der Waals surface area contributed by atoms with E-state index in [2.05, 4.69) is 15.0 Å². The molecule has 5 heteroatoms. The minimum Gasteiger partial charge on any atom is -0.339 e. The van der Waals surface area contributed by atoms with E-state index >= 15 is 0 Å². The van der Waals surface area contributed by atoms with Crippen LogP contribution in [0.4, 0.5) is 0 Å². The van der Waals surface area contributed by atoms with Crippen molar-refractivity contribution in [2.75, 3.05) is 0 Å². The van der Waals surface area contributed by atoms with Gasteiger partial charge in [-0.2, -0.15) is 0 Å². The second-order valence-corrected chi connectivity index (χ2v) is 3.45. The molecule has 0 bridgehead atoms. The summed E-state index contributed by atoms with van der Waals surface area (Å²) in [6.07, 6.45) is 1.27. The fraction of sp³-hybridized carbons (Fsp3) is 0. The first-order valence-corrected chi connectivity index (χ1v) is 4.76. The van der Waals surface area contributed by atoms with Crippen LogP contribution >= 0.6 is 0 Å². The second kappa shape index (κ2) is 3.03. The van der Waals surface area contributed by atoms with E-state index in [-0.39, 0.29) is 10.8 Å². The number of benzene rings is 1. The van der Waals surface area contributed by atoms with E-state index in [4.69, 9.17) is 0 Å². The lowest BCUT2D eigenvalue weighted by Crippen LogP contribution is -2.17. The molecule has 1 aromatic carbocycles. The SMILES string of the molecule is O=c1[nH]cnc2[nH]c3ccccc3c(=O)c12. The third-order valence-electron chi connectivity index (χ3n) is 2.50. The Morgan fingerprint density at radius 2 is 1.94 bits per heavy atom. The number of rotatable bonds is 0. The van der Waals surface area contributed by atoms with Crippen LogP contribution < -0.4 is 11.0 Å². The van der Waals surface area contributed by atoms with Crippen LogP contribution in [0, 0.1) is 0 Å². The zero-order valence-electron chi connectivity index (χ0n) is 8.15. The Morgan fingerprint density at radius 1 is 1.12 bits per heavy atom. The van der Waals surface area contributed by atoms with Crippen molar-refractivity contribution in [2.24, 2.45) is 0 Å². The van der Waals surface area contributed by atoms with Gasteiger partial charge >= 0.3 is 0 Å². The van der Waals surface area contributed by atoms with E-state index in [1.54, 1.807) is 18.2 Å². The van der Waals surface area contributed by atoms with Gasteiger partial charge in [-0.3, -0.25) is 9.59 Å². The van der Waals surface area contributed by atoms with E-state index in [1.165, 1.54) is 6.33 Å². The number of nitrogens with zero attached hydrogens (tertiary/aromatic N) is 1. The highest BCUT2D eigenvalue weighted by atomic mass is 16.1. The Morgan fingerprint density at radius 3 is 2.81 bits per heavy atom. The normalized spacial score (nSPS) is 11.0. The third-order valence-corrected chi connectivity index (χ3v) is 2.50. The highest BCUT2D eigenvalue weighted by molar-refractivity contribution is 5.89. The summed E-state index contributed by atoms with van der Waals surface area (Å²) >= 11 is 0. The van der Waals surface area contributed by atoms with Gasteiger partial charge in [-0.25, -0.2) is 4.98 Å². The predicted molar refractivity (Wildman–Crippen MR) is 60.5 cm³/mol. The summed E-state index contributed by atoms with van der Waals surface area (Å²) in [5, 5.41) is 0.565. The number of para-hydroxylation sites is 1. The lowest BCUT2D eigenvalue weighted by atomic mass is 10.2. The van der Waals surface area contributed by atoms with E-state index in [0.29, 0.717) is 16.6 Å².